The minimum Gasteiger partial charge on any atom is -0.490 e. The average molecular weight is 455 g/mol. The quantitative estimate of drug-likeness (QED) is 0.691. The maximum absolute atomic E-state index is 12.6. The molecule has 0 spiro atoms. The molecule has 0 bridgehead atoms. The topological polar surface area (TPSA) is 71.1 Å². The number of alkyl halides is 6. The van der Waals surface area contributed by atoms with Gasteiger partial charge in [-0.1, -0.05) is 12.1 Å². The smallest absolute Gasteiger partial charge is 0.434 e. The summed E-state index contributed by atoms with van der Waals surface area (Å²) < 4.78 is 84.5. The van der Waals surface area contributed by atoms with Gasteiger partial charge >= 0.3 is 24.5 Å². The van der Waals surface area contributed by atoms with E-state index >= 15 is 0 Å². The molecule has 2 aliphatic rings. The van der Waals surface area contributed by atoms with E-state index in [1.54, 1.807) is 24.3 Å². The number of carbonyl (C=O) groups excluding carboxylic acids is 2. The number of fused-ring (bicyclic) bond motifs is 1. The lowest BCUT2D eigenvalue weighted by molar-refractivity contribution is -0.308. The van der Waals surface area contributed by atoms with Crippen LogP contribution in [0.1, 0.15) is 12.8 Å². The third-order valence-corrected chi connectivity index (χ3v) is 4.87. The Kier molecular flexibility index (Phi) is 6.41. The number of para-hydroxylation sites is 2. The van der Waals surface area contributed by atoms with E-state index in [4.69, 9.17) is 4.74 Å². The number of hydrogen-bond acceptors (Lipinski definition) is 4. The number of rotatable bonds is 2. The maximum atomic E-state index is 12.6. The van der Waals surface area contributed by atoms with Gasteiger partial charge in [0.1, 0.15) is 12.4 Å². The van der Waals surface area contributed by atoms with Crippen molar-refractivity contribution in [3.63, 3.8) is 0 Å². The number of piperidine rings is 1. The molecule has 1 aromatic rings. The van der Waals surface area contributed by atoms with Crippen molar-refractivity contribution in [2.45, 2.75) is 37.3 Å². The molecular weight excluding hydrogens is 436 g/mol. The summed E-state index contributed by atoms with van der Waals surface area (Å²) in [6.45, 7) is 0.288. The molecule has 0 unspecified atom stereocenters. The molecule has 13 heteroatoms. The van der Waals surface area contributed by atoms with E-state index in [0.29, 0.717) is 24.6 Å². The van der Waals surface area contributed by atoms with Crippen LogP contribution in [-0.2, 0) is 4.74 Å². The number of amides is 3. The molecule has 2 aliphatic heterocycles. The number of nitrogens with one attached hydrogen (secondary N) is 1. The Labute approximate surface area is 172 Å². The highest BCUT2D eigenvalue weighted by Gasteiger charge is 2.60. The number of benzene rings is 1. The van der Waals surface area contributed by atoms with E-state index in [-0.39, 0.29) is 25.9 Å². The molecule has 1 aromatic carbocycles. The van der Waals surface area contributed by atoms with E-state index in [9.17, 15) is 35.9 Å². The molecule has 1 fully saturated rings. The summed E-state index contributed by atoms with van der Waals surface area (Å²) in [4.78, 5) is 26.7. The Balaban J connectivity index is 1.53. The monoisotopic (exact) mass is 455 g/mol. The van der Waals surface area contributed by atoms with Crippen LogP contribution in [0.15, 0.2) is 24.3 Å². The Hall–Kier alpha value is -2.86. The Morgan fingerprint density at radius 1 is 1.03 bits per heavy atom. The summed E-state index contributed by atoms with van der Waals surface area (Å²) >= 11 is 0. The number of ether oxygens (including phenoxy) is 2. The van der Waals surface area contributed by atoms with Gasteiger partial charge in [0.05, 0.1) is 12.2 Å². The number of halogens is 6. The average Bonchev–Trinajstić information content (AvgIpc) is 2.70. The molecule has 2 heterocycles. The molecule has 0 atom stereocenters. The fourth-order valence-electron chi connectivity index (χ4n) is 3.33. The van der Waals surface area contributed by atoms with Crippen molar-refractivity contribution in [2.75, 3.05) is 31.1 Å². The van der Waals surface area contributed by atoms with Crippen molar-refractivity contribution < 1.29 is 45.4 Å². The van der Waals surface area contributed by atoms with Gasteiger partial charge in [0.15, 0.2) is 0 Å². The van der Waals surface area contributed by atoms with Crippen LogP contribution in [-0.4, -0.2) is 67.8 Å². The summed E-state index contributed by atoms with van der Waals surface area (Å²) in [5.41, 5.74) is 0.581. The summed E-state index contributed by atoms with van der Waals surface area (Å²) in [6, 6.07) is 6.11. The standard InChI is InChI=1S/C18H19F6N3O4/c19-17(20,21)14(18(22,23)24)31-16(29)26-7-5-11(6-8-26)25-15(28)27-9-10-30-13-4-2-1-3-12(13)27/h1-4,11,14H,5-10H2,(H,25,28). The molecule has 3 rings (SSSR count). The number of anilines is 1. The first-order valence-corrected chi connectivity index (χ1v) is 9.35. The van der Waals surface area contributed by atoms with Crippen LogP contribution in [0.2, 0.25) is 0 Å². The van der Waals surface area contributed by atoms with Gasteiger partial charge in [-0.3, -0.25) is 4.90 Å². The second kappa shape index (κ2) is 8.71. The molecule has 0 aromatic heterocycles. The molecule has 172 valence electrons. The van der Waals surface area contributed by atoms with Crippen molar-refractivity contribution in [3.05, 3.63) is 24.3 Å². The number of likely N-dealkylation sites (tertiary alicyclic amines) is 1. The van der Waals surface area contributed by atoms with Gasteiger partial charge in [0, 0.05) is 19.1 Å². The minimum atomic E-state index is -5.77. The highest BCUT2D eigenvalue weighted by molar-refractivity contribution is 5.94. The Morgan fingerprint density at radius 3 is 2.26 bits per heavy atom. The fourth-order valence-corrected chi connectivity index (χ4v) is 3.33. The largest absolute Gasteiger partial charge is 0.490 e. The molecule has 7 nitrogen and oxygen atoms in total. The highest BCUT2D eigenvalue weighted by atomic mass is 19.4. The molecular formula is C18H19F6N3O4. The van der Waals surface area contributed by atoms with Crippen LogP contribution in [0.25, 0.3) is 0 Å². The molecule has 0 radical (unpaired) electrons. The first-order chi connectivity index (χ1) is 14.5. The lowest BCUT2D eigenvalue weighted by Crippen LogP contribution is -2.53. The van der Waals surface area contributed by atoms with Gasteiger partial charge in [-0.15, -0.1) is 0 Å². The third-order valence-electron chi connectivity index (χ3n) is 4.87. The normalized spacial score (nSPS) is 17.8. The molecule has 1 N–H and O–H groups in total. The van der Waals surface area contributed by atoms with Gasteiger partial charge in [0.2, 0.25) is 0 Å². The van der Waals surface area contributed by atoms with Crippen molar-refractivity contribution in [1.29, 1.82) is 0 Å². The highest BCUT2D eigenvalue weighted by Crippen LogP contribution is 2.36. The second-order valence-corrected chi connectivity index (χ2v) is 7.03. The SMILES string of the molecule is O=C(OC(C(F)(F)F)C(F)(F)F)N1CCC(NC(=O)N2CCOc3ccccc32)CC1. The van der Waals surface area contributed by atoms with Crippen LogP contribution in [0.5, 0.6) is 5.75 Å². The van der Waals surface area contributed by atoms with Crippen LogP contribution >= 0.6 is 0 Å². The predicted molar refractivity (Wildman–Crippen MR) is 94.8 cm³/mol. The molecule has 31 heavy (non-hydrogen) atoms. The van der Waals surface area contributed by atoms with Crippen molar-refractivity contribution in [1.82, 2.24) is 10.2 Å². The van der Waals surface area contributed by atoms with E-state index in [2.05, 4.69) is 10.1 Å². The summed E-state index contributed by atoms with van der Waals surface area (Å²) in [7, 11) is 0. The van der Waals surface area contributed by atoms with Gasteiger partial charge < -0.3 is 19.7 Å². The zero-order valence-corrected chi connectivity index (χ0v) is 16.0. The minimum absolute atomic E-state index is 0.148. The lowest BCUT2D eigenvalue weighted by Gasteiger charge is -2.35. The molecule has 3 amide bonds. The van der Waals surface area contributed by atoms with Crippen LogP contribution in [0.4, 0.5) is 41.6 Å². The van der Waals surface area contributed by atoms with Crippen molar-refractivity contribution >= 4 is 17.8 Å². The van der Waals surface area contributed by atoms with Gasteiger partial charge in [0.25, 0.3) is 6.10 Å². The third kappa shape index (κ3) is 5.44. The van der Waals surface area contributed by atoms with E-state index in [0.717, 1.165) is 4.90 Å². The van der Waals surface area contributed by atoms with Crippen molar-refractivity contribution in [3.8, 4) is 5.75 Å². The van der Waals surface area contributed by atoms with Crippen molar-refractivity contribution in [2.24, 2.45) is 0 Å². The first-order valence-electron chi connectivity index (χ1n) is 9.35. The Bertz CT molecular complexity index is 794. The zero-order valence-electron chi connectivity index (χ0n) is 16.0. The van der Waals surface area contributed by atoms with E-state index in [1.165, 1.54) is 4.90 Å². The summed E-state index contributed by atoms with van der Waals surface area (Å²) in [5, 5.41) is 2.77. The van der Waals surface area contributed by atoms with Gasteiger partial charge in [-0.25, -0.2) is 9.59 Å². The lowest BCUT2D eigenvalue weighted by atomic mass is 10.1. The summed E-state index contributed by atoms with van der Waals surface area (Å²) in [5.74, 6) is 0.547. The van der Waals surface area contributed by atoms with E-state index in [1.807, 2.05) is 0 Å². The number of carbonyl (C=O) groups is 2. The van der Waals surface area contributed by atoms with Crippen LogP contribution in [0.3, 0.4) is 0 Å². The Morgan fingerprint density at radius 2 is 1.65 bits per heavy atom. The number of hydrogen-bond donors (Lipinski definition) is 1. The first kappa shape index (κ1) is 22.8. The predicted octanol–water partition coefficient (Wildman–Crippen LogP) is 3.69. The maximum Gasteiger partial charge on any atom is 0.434 e. The van der Waals surface area contributed by atoms with Gasteiger partial charge in [-0.2, -0.15) is 26.3 Å². The van der Waals surface area contributed by atoms with Gasteiger partial charge in [-0.05, 0) is 25.0 Å². The fraction of sp³-hybridized carbons (Fsp3) is 0.556. The molecule has 0 aliphatic carbocycles. The van der Waals surface area contributed by atoms with Crippen LogP contribution < -0.4 is 15.0 Å². The molecule has 0 saturated carbocycles. The van der Waals surface area contributed by atoms with E-state index < -0.39 is 36.6 Å². The van der Waals surface area contributed by atoms with Crippen LogP contribution in [0, 0.1) is 0 Å². The molecule has 1 saturated heterocycles. The summed E-state index contributed by atoms with van der Waals surface area (Å²) in [6.07, 6.45) is -17.1. The second-order valence-electron chi connectivity index (χ2n) is 7.03. The zero-order chi connectivity index (χ0) is 22.8. The number of nitrogens with zero attached hydrogens (tertiary/aromatic N) is 2. The number of urea groups is 1.